The summed E-state index contributed by atoms with van der Waals surface area (Å²) in [5.74, 6) is 1.01. The second kappa shape index (κ2) is 10.5. The van der Waals surface area contributed by atoms with Gasteiger partial charge in [0.05, 0.1) is 0 Å². The van der Waals surface area contributed by atoms with Gasteiger partial charge in [0.25, 0.3) is 0 Å². The maximum atomic E-state index is 10.3. The number of hydrogen-bond donors (Lipinski definition) is 2. The van der Waals surface area contributed by atoms with Crippen molar-refractivity contribution in [1.82, 2.24) is 0 Å². The number of nitrogens with two attached hydrogens (primary N) is 1. The minimum atomic E-state index is -1.83. The van der Waals surface area contributed by atoms with Crippen molar-refractivity contribution in [3.8, 4) is 5.75 Å². The van der Waals surface area contributed by atoms with E-state index in [1.54, 1.807) is 13.8 Å². The quantitative estimate of drug-likeness (QED) is 0.439. The van der Waals surface area contributed by atoms with Crippen molar-refractivity contribution in [3.05, 3.63) is 23.3 Å². The Hall–Kier alpha value is -1.16. The zero-order chi connectivity index (χ0) is 17.3. The van der Waals surface area contributed by atoms with Gasteiger partial charge < -0.3 is 10.8 Å². The van der Waals surface area contributed by atoms with E-state index in [-0.39, 0.29) is 0 Å². The summed E-state index contributed by atoms with van der Waals surface area (Å²) in [7, 11) is -1.83. The largest absolute Gasteiger partial charge is 0.697 e. The number of hydrogen-bond acceptors (Lipinski definition) is 5. The number of benzene rings is 1. The Labute approximate surface area is 134 Å². The molecule has 0 saturated carbocycles. The Bertz CT molecular complexity index is 438. The molecule has 3 N–H and O–H groups in total. The number of nitrogen functional groups attached to an aromatic ring is 1. The molecule has 0 radical (unpaired) electrons. The van der Waals surface area contributed by atoms with E-state index in [1.165, 1.54) is 0 Å². The summed E-state index contributed by atoms with van der Waals surface area (Å²) in [6.45, 7) is 12.6. The predicted octanol–water partition coefficient (Wildman–Crippen LogP) is 4.94. The van der Waals surface area contributed by atoms with Crippen molar-refractivity contribution in [2.45, 2.75) is 53.4 Å². The number of phenolic OH excluding ortho intramolecular Hbond substituents is 1. The van der Waals surface area contributed by atoms with Gasteiger partial charge in [-0.2, -0.15) is 0 Å². The molecule has 0 saturated heterocycles. The molecule has 0 fully saturated rings. The first-order chi connectivity index (χ1) is 10.2. The zero-order valence-corrected chi connectivity index (χ0v) is 15.3. The molecule has 0 atom stereocenters. The minimum Gasteiger partial charge on any atom is -0.507 e. The van der Waals surface area contributed by atoms with Crippen molar-refractivity contribution in [3.63, 3.8) is 0 Å². The van der Waals surface area contributed by atoms with Crippen LogP contribution in [0.5, 0.6) is 5.75 Å². The highest BCUT2D eigenvalue weighted by atomic mass is 31.1. The third-order valence-electron chi connectivity index (χ3n) is 2.90. The number of aromatic hydroxyl groups is 1. The summed E-state index contributed by atoms with van der Waals surface area (Å²) in [4.78, 5) is 0. The fourth-order valence-corrected chi connectivity index (χ4v) is 2.33. The highest BCUT2D eigenvalue weighted by Crippen LogP contribution is 2.35. The molecule has 0 aliphatic carbocycles. The van der Waals surface area contributed by atoms with Crippen LogP contribution in [0.3, 0.4) is 0 Å². The monoisotopic (exact) mass is 330 g/mol. The molecule has 1 rings (SSSR count). The lowest BCUT2D eigenvalue weighted by Crippen LogP contribution is -1.98. The molecular formula is C16H29NO4P+. The first kappa shape index (κ1) is 20.8. The van der Waals surface area contributed by atoms with Gasteiger partial charge in [-0.05, 0) is 48.9 Å². The van der Waals surface area contributed by atoms with Gasteiger partial charge in [0, 0.05) is 10.3 Å². The Morgan fingerprint density at radius 1 is 1.05 bits per heavy atom. The Kier molecular flexibility index (Phi) is 9.99. The summed E-state index contributed by atoms with van der Waals surface area (Å²) >= 11 is 0. The average Bonchev–Trinajstić information content (AvgIpc) is 2.41. The molecule has 0 aliphatic rings. The van der Waals surface area contributed by atoms with Gasteiger partial charge in [-0.25, -0.2) is 0 Å². The molecule has 1 aromatic rings. The molecular weight excluding hydrogens is 301 g/mol. The highest BCUT2D eigenvalue weighted by Gasteiger charge is 2.16. The molecule has 1 aromatic carbocycles. The van der Waals surface area contributed by atoms with Crippen molar-refractivity contribution in [2.75, 3.05) is 18.9 Å². The highest BCUT2D eigenvalue weighted by molar-refractivity contribution is 7.33. The smallest absolute Gasteiger partial charge is 0.507 e. The van der Waals surface area contributed by atoms with E-state index in [1.807, 2.05) is 12.1 Å². The maximum absolute atomic E-state index is 10.3. The van der Waals surface area contributed by atoms with Gasteiger partial charge in [-0.3, -0.25) is 0 Å². The topological polar surface area (TPSA) is 81.8 Å². The van der Waals surface area contributed by atoms with Crippen molar-refractivity contribution in [1.29, 1.82) is 0 Å². The van der Waals surface area contributed by atoms with E-state index in [0.29, 0.717) is 30.8 Å². The fourth-order valence-electron chi connectivity index (χ4n) is 1.83. The van der Waals surface area contributed by atoms with Crippen molar-refractivity contribution >= 4 is 13.9 Å². The molecule has 6 heteroatoms. The zero-order valence-electron chi connectivity index (χ0n) is 14.4. The number of rotatable bonds is 6. The van der Waals surface area contributed by atoms with Gasteiger partial charge in [0.15, 0.2) is 0 Å². The first-order valence-electron chi connectivity index (χ1n) is 7.59. The van der Waals surface area contributed by atoms with E-state index in [2.05, 4.69) is 36.7 Å². The summed E-state index contributed by atoms with van der Waals surface area (Å²) < 4.78 is 19.5. The van der Waals surface area contributed by atoms with Crippen LogP contribution in [0.15, 0.2) is 12.1 Å². The summed E-state index contributed by atoms with van der Waals surface area (Å²) in [5, 5.41) is 10.00. The van der Waals surface area contributed by atoms with Crippen molar-refractivity contribution < 1.29 is 18.7 Å². The lowest BCUT2D eigenvalue weighted by molar-refractivity contribution is 0.243. The van der Waals surface area contributed by atoms with Gasteiger partial charge in [0.2, 0.25) is 0 Å². The second-order valence-corrected chi connectivity index (χ2v) is 6.38. The molecule has 0 bridgehead atoms. The van der Waals surface area contributed by atoms with Gasteiger partial charge in [-0.15, -0.1) is 9.05 Å². The lowest BCUT2D eigenvalue weighted by atomic mass is 9.93. The summed E-state index contributed by atoms with van der Waals surface area (Å²) in [5.41, 5.74) is 8.40. The van der Waals surface area contributed by atoms with E-state index in [4.69, 9.17) is 5.73 Å². The molecule has 5 nitrogen and oxygen atoms in total. The molecule has 22 heavy (non-hydrogen) atoms. The van der Waals surface area contributed by atoms with Crippen LogP contribution in [0.4, 0.5) is 5.69 Å². The summed E-state index contributed by atoms with van der Waals surface area (Å²) in [6, 6.07) is 3.71. The lowest BCUT2D eigenvalue weighted by Gasteiger charge is -2.15. The van der Waals surface area contributed by atoms with Crippen LogP contribution in [0, 0.1) is 0 Å². The summed E-state index contributed by atoms with van der Waals surface area (Å²) in [6.07, 6.45) is 0. The van der Waals surface area contributed by atoms with Crippen LogP contribution in [-0.2, 0) is 13.6 Å². The molecule has 0 heterocycles. The Morgan fingerprint density at radius 2 is 1.41 bits per heavy atom. The number of anilines is 1. The van der Waals surface area contributed by atoms with Gasteiger partial charge in [-0.1, -0.05) is 27.7 Å². The standard InChI is InChI=1S/C12H19NO.C4H10O3P/c1-7(2)10-5-9(13)6-11(8(3)4)12(10)14;1-3-6-8(5)7-4-2/h5-8,14H,13H2,1-4H3;3-4H2,1-2H3/q;+1. The Morgan fingerprint density at radius 3 is 1.68 bits per heavy atom. The van der Waals surface area contributed by atoms with Crippen LogP contribution in [0.2, 0.25) is 0 Å². The fraction of sp³-hybridized carbons (Fsp3) is 0.625. The van der Waals surface area contributed by atoms with Crippen LogP contribution < -0.4 is 5.73 Å². The molecule has 0 aliphatic heterocycles. The molecule has 0 unspecified atom stereocenters. The molecule has 0 aromatic heterocycles. The third-order valence-corrected chi connectivity index (χ3v) is 3.84. The third kappa shape index (κ3) is 7.21. The Balaban J connectivity index is 0.000000472. The second-order valence-electron chi connectivity index (χ2n) is 5.42. The van der Waals surface area contributed by atoms with Crippen LogP contribution in [0.25, 0.3) is 0 Å². The van der Waals surface area contributed by atoms with Crippen LogP contribution in [0.1, 0.15) is 64.5 Å². The average molecular weight is 330 g/mol. The van der Waals surface area contributed by atoms with E-state index >= 15 is 0 Å². The normalized spacial score (nSPS) is 10.5. The van der Waals surface area contributed by atoms with Crippen LogP contribution >= 0.6 is 8.25 Å². The number of phenols is 1. The van der Waals surface area contributed by atoms with Gasteiger partial charge in [0.1, 0.15) is 19.0 Å². The SMILES string of the molecule is CC(C)c1cc(N)cc(C(C)C)c1O.CCO[P+](=O)OCC. The van der Waals surface area contributed by atoms with Crippen molar-refractivity contribution in [2.24, 2.45) is 0 Å². The van der Waals surface area contributed by atoms with E-state index in [9.17, 15) is 9.67 Å². The first-order valence-corrected chi connectivity index (χ1v) is 8.69. The minimum absolute atomic E-state index is 0.302. The molecule has 0 amide bonds. The van der Waals surface area contributed by atoms with E-state index < -0.39 is 8.25 Å². The van der Waals surface area contributed by atoms with Crippen LogP contribution in [-0.4, -0.2) is 18.3 Å². The van der Waals surface area contributed by atoms with E-state index in [0.717, 1.165) is 16.8 Å². The maximum Gasteiger partial charge on any atom is 0.697 e. The molecule has 0 spiro atoms. The van der Waals surface area contributed by atoms with Gasteiger partial charge >= 0.3 is 8.25 Å². The predicted molar refractivity (Wildman–Crippen MR) is 91.6 cm³/mol. The molecule has 126 valence electrons.